The second-order valence-corrected chi connectivity index (χ2v) is 3.44. The number of aryl methyl sites for hydroxylation is 1. The van der Waals surface area contributed by atoms with Gasteiger partial charge in [0, 0.05) is 13.0 Å². The van der Waals surface area contributed by atoms with E-state index in [1.807, 2.05) is 0 Å². The molecule has 1 rings (SSSR count). The Kier molecular flexibility index (Phi) is 4.82. The van der Waals surface area contributed by atoms with Crippen LogP contribution in [-0.4, -0.2) is 13.1 Å². The smallest absolute Gasteiger partial charge is 0.0211 e. The Morgan fingerprint density at radius 2 is 2.21 bits per heavy atom. The minimum Gasteiger partial charge on any atom is -0.315 e. The number of benzene rings is 1. The fraction of sp³-hybridized carbons (Fsp3) is 0.385. The molecular formula is C13H17N. The molecule has 0 saturated carbocycles. The van der Waals surface area contributed by atoms with E-state index in [9.17, 15) is 0 Å². The zero-order valence-electron chi connectivity index (χ0n) is 8.72. The van der Waals surface area contributed by atoms with Crippen molar-refractivity contribution in [3.63, 3.8) is 0 Å². The summed E-state index contributed by atoms with van der Waals surface area (Å²) in [4.78, 5) is 0. The first-order valence-electron chi connectivity index (χ1n) is 5.02. The van der Waals surface area contributed by atoms with Gasteiger partial charge < -0.3 is 5.32 Å². The van der Waals surface area contributed by atoms with Crippen molar-refractivity contribution in [3.05, 3.63) is 35.4 Å². The molecule has 0 aliphatic heterocycles. The summed E-state index contributed by atoms with van der Waals surface area (Å²) in [7, 11) is 0. The van der Waals surface area contributed by atoms with Crippen LogP contribution in [0.1, 0.15) is 17.5 Å². The molecule has 0 heterocycles. The SMILES string of the molecule is C#CCCNCCc1cccc(C)c1. The number of nitrogens with one attached hydrogen (secondary N) is 1. The van der Waals surface area contributed by atoms with Crippen molar-refractivity contribution in [3.8, 4) is 12.3 Å². The van der Waals surface area contributed by atoms with Crippen molar-refractivity contribution < 1.29 is 0 Å². The van der Waals surface area contributed by atoms with E-state index >= 15 is 0 Å². The van der Waals surface area contributed by atoms with Gasteiger partial charge in [-0.05, 0) is 25.5 Å². The largest absolute Gasteiger partial charge is 0.315 e. The molecule has 0 aromatic heterocycles. The molecule has 0 radical (unpaired) electrons. The van der Waals surface area contributed by atoms with Gasteiger partial charge in [-0.2, -0.15) is 0 Å². The Hall–Kier alpha value is -1.26. The lowest BCUT2D eigenvalue weighted by Crippen LogP contribution is -2.18. The molecule has 0 spiro atoms. The van der Waals surface area contributed by atoms with Gasteiger partial charge in [-0.25, -0.2) is 0 Å². The Morgan fingerprint density at radius 1 is 1.36 bits per heavy atom. The molecule has 1 aromatic rings. The predicted molar refractivity (Wildman–Crippen MR) is 61.2 cm³/mol. The Balaban J connectivity index is 2.22. The van der Waals surface area contributed by atoms with E-state index < -0.39 is 0 Å². The monoisotopic (exact) mass is 187 g/mol. The van der Waals surface area contributed by atoms with E-state index in [2.05, 4.69) is 42.4 Å². The van der Waals surface area contributed by atoms with E-state index in [1.165, 1.54) is 11.1 Å². The summed E-state index contributed by atoms with van der Waals surface area (Å²) >= 11 is 0. The second kappa shape index (κ2) is 6.23. The summed E-state index contributed by atoms with van der Waals surface area (Å²) in [5.41, 5.74) is 2.71. The van der Waals surface area contributed by atoms with Crippen LogP contribution in [0.5, 0.6) is 0 Å². The Morgan fingerprint density at radius 3 is 2.93 bits per heavy atom. The first kappa shape index (κ1) is 10.8. The number of terminal acetylenes is 1. The number of rotatable bonds is 5. The average Bonchev–Trinajstić information content (AvgIpc) is 2.18. The fourth-order valence-electron chi connectivity index (χ4n) is 1.39. The van der Waals surface area contributed by atoms with Crippen LogP contribution in [0.4, 0.5) is 0 Å². The van der Waals surface area contributed by atoms with Crippen molar-refractivity contribution in [1.82, 2.24) is 5.32 Å². The van der Waals surface area contributed by atoms with E-state index in [1.54, 1.807) is 0 Å². The first-order chi connectivity index (χ1) is 6.83. The van der Waals surface area contributed by atoms with Gasteiger partial charge in [-0.15, -0.1) is 12.3 Å². The standard InChI is InChI=1S/C13H17N/c1-3-4-9-14-10-8-13-7-5-6-12(2)11-13/h1,5-7,11,14H,4,8-10H2,2H3. The molecule has 0 aliphatic carbocycles. The topological polar surface area (TPSA) is 12.0 Å². The molecule has 1 nitrogen and oxygen atoms in total. The van der Waals surface area contributed by atoms with Crippen LogP contribution in [-0.2, 0) is 6.42 Å². The molecule has 14 heavy (non-hydrogen) atoms. The van der Waals surface area contributed by atoms with Crippen LogP contribution in [0.3, 0.4) is 0 Å². The van der Waals surface area contributed by atoms with Crippen molar-refractivity contribution in [2.75, 3.05) is 13.1 Å². The van der Waals surface area contributed by atoms with Crippen LogP contribution in [0.2, 0.25) is 0 Å². The Bertz CT molecular complexity index is 309. The average molecular weight is 187 g/mol. The zero-order valence-corrected chi connectivity index (χ0v) is 8.72. The summed E-state index contributed by atoms with van der Waals surface area (Å²) in [6.45, 7) is 4.04. The molecule has 0 atom stereocenters. The molecule has 74 valence electrons. The van der Waals surface area contributed by atoms with Crippen molar-refractivity contribution in [2.45, 2.75) is 19.8 Å². The molecule has 0 fully saturated rings. The van der Waals surface area contributed by atoms with Gasteiger partial charge in [0.05, 0.1) is 0 Å². The van der Waals surface area contributed by atoms with Gasteiger partial charge in [0.25, 0.3) is 0 Å². The maximum atomic E-state index is 5.15. The fourth-order valence-corrected chi connectivity index (χ4v) is 1.39. The lowest BCUT2D eigenvalue weighted by atomic mass is 10.1. The van der Waals surface area contributed by atoms with Crippen molar-refractivity contribution in [2.24, 2.45) is 0 Å². The first-order valence-corrected chi connectivity index (χ1v) is 5.02. The molecule has 1 N–H and O–H groups in total. The molecule has 1 aromatic carbocycles. The van der Waals surface area contributed by atoms with Gasteiger partial charge in [-0.3, -0.25) is 0 Å². The summed E-state index contributed by atoms with van der Waals surface area (Å²) in [5, 5.41) is 3.31. The minimum absolute atomic E-state index is 0.813. The lowest BCUT2D eigenvalue weighted by molar-refractivity contribution is 0.694. The van der Waals surface area contributed by atoms with E-state index in [-0.39, 0.29) is 0 Å². The molecule has 1 heteroatoms. The quantitative estimate of drug-likeness (QED) is 0.550. The molecule has 0 amide bonds. The molecule has 0 saturated heterocycles. The van der Waals surface area contributed by atoms with Gasteiger partial charge >= 0.3 is 0 Å². The van der Waals surface area contributed by atoms with Crippen LogP contribution < -0.4 is 5.32 Å². The minimum atomic E-state index is 0.813. The van der Waals surface area contributed by atoms with Gasteiger partial charge in [-0.1, -0.05) is 29.8 Å². The van der Waals surface area contributed by atoms with Gasteiger partial charge in [0.1, 0.15) is 0 Å². The molecule has 0 unspecified atom stereocenters. The van der Waals surface area contributed by atoms with Crippen LogP contribution >= 0.6 is 0 Å². The maximum Gasteiger partial charge on any atom is 0.0211 e. The molecular weight excluding hydrogens is 170 g/mol. The number of hydrogen-bond donors (Lipinski definition) is 1. The summed E-state index contributed by atoms with van der Waals surface area (Å²) in [5.74, 6) is 2.61. The predicted octanol–water partition coefficient (Wildman–Crippen LogP) is 2.15. The normalized spacial score (nSPS) is 9.71. The van der Waals surface area contributed by atoms with Crippen LogP contribution in [0.15, 0.2) is 24.3 Å². The molecule has 0 bridgehead atoms. The van der Waals surface area contributed by atoms with E-state index in [0.29, 0.717) is 0 Å². The number of hydrogen-bond acceptors (Lipinski definition) is 1. The summed E-state index contributed by atoms with van der Waals surface area (Å²) in [6.07, 6.45) is 7.04. The van der Waals surface area contributed by atoms with Gasteiger partial charge in [0.2, 0.25) is 0 Å². The Labute approximate surface area is 86.5 Å². The summed E-state index contributed by atoms with van der Waals surface area (Å²) < 4.78 is 0. The van der Waals surface area contributed by atoms with E-state index in [0.717, 1.165) is 25.9 Å². The third-order valence-corrected chi connectivity index (χ3v) is 2.12. The highest BCUT2D eigenvalue weighted by molar-refractivity contribution is 5.22. The highest BCUT2D eigenvalue weighted by Crippen LogP contribution is 2.03. The van der Waals surface area contributed by atoms with Crippen molar-refractivity contribution in [1.29, 1.82) is 0 Å². The second-order valence-electron chi connectivity index (χ2n) is 3.44. The third-order valence-electron chi connectivity index (χ3n) is 2.12. The van der Waals surface area contributed by atoms with Crippen molar-refractivity contribution >= 4 is 0 Å². The van der Waals surface area contributed by atoms with E-state index in [4.69, 9.17) is 6.42 Å². The van der Waals surface area contributed by atoms with Crippen LogP contribution in [0.25, 0.3) is 0 Å². The zero-order chi connectivity index (χ0) is 10.2. The third kappa shape index (κ3) is 4.11. The summed E-state index contributed by atoms with van der Waals surface area (Å²) in [6, 6.07) is 8.61. The van der Waals surface area contributed by atoms with Crippen LogP contribution in [0, 0.1) is 19.3 Å². The highest BCUT2D eigenvalue weighted by Gasteiger charge is 1.92. The van der Waals surface area contributed by atoms with Gasteiger partial charge in [0.15, 0.2) is 0 Å². The maximum absolute atomic E-state index is 5.15. The molecule has 0 aliphatic rings. The highest BCUT2D eigenvalue weighted by atomic mass is 14.8. The lowest BCUT2D eigenvalue weighted by Gasteiger charge is -2.03.